The van der Waals surface area contributed by atoms with E-state index in [1.165, 1.54) is 30.5 Å². The maximum Gasteiger partial charge on any atom is 0.284 e. The number of amides is 1. The number of hydrogen-bond donors (Lipinski definition) is 1. The quantitative estimate of drug-likeness (QED) is 0.512. The van der Waals surface area contributed by atoms with Crippen molar-refractivity contribution >= 4 is 33.7 Å². The highest BCUT2D eigenvalue weighted by Gasteiger charge is 2.11. The molecule has 0 saturated carbocycles. The van der Waals surface area contributed by atoms with E-state index in [1.54, 1.807) is 6.07 Å². The summed E-state index contributed by atoms with van der Waals surface area (Å²) in [5.41, 5.74) is 2.86. The minimum Gasteiger partial charge on any atom is -0.267 e. The largest absolute Gasteiger partial charge is 0.284 e. The normalized spacial score (nSPS) is 10.6. The average molecular weight is 366 g/mol. The van der Waals surface area contributed by atoms with Crippen molar-refractivity contribution in [1.82, 2.24) is 5.43 Å². The van der Waals surface area contributed by atoms with Crippen LogP contribution in [0.4, 0.5) is 10.1 Å². The highest BCUT2D eigenvalue weighted by Crippen LogP contribution is 2.24. The van der Waals surface area contributed by atoms with Gasteiger partial charge in [-0.3, -0.25) is 14.9 Å². The molecule has 1 amide bonds. The summed E-state index contributed by atoms with van der Waals surface area (Å²) in [6.45, 7) is 0. The van der Waals surface area contributed by atoms with E-state index in [2.05, 4.69) is 26.5 Å². The van der Waals surface area contributed by atoms with Crippen LogP contribution in [0.2, 0.25) is 0 Å². The van der Waals surface area contributed by atoms with Crippen LogP contribution < -0.4 is 5.43 Å². The minimum atomic E-state index is -0.529. The third-order valence-corrected chi connectivity index (χ3v) is 3.32. The number of nitrogens with zero attached hydrogens (tertiary/aromatic N) is 2. The molecule has 0 spiro atoms. The summed E-state index contributed by atoms with van der Waals surface area (Å²) in [6, 6.07) is 9.41. The van der Waals surface area contributed by atoms with Crippen molar-refractivity contribution in [2.24, 2.45) is 5.10 Å². The van der Waals surface area contributed by atoms with Crippen LogP contribution in [0.1, 0.15) is 15.9 Å². The SMILES string of the molecule is O=C(N/N=C\c1ccc(Br)c([N+](=O)[O-])c1)c1ccc(F)cc1. The van der Waals surface area contributed by atoms with E-state index in [4.69, 9.17) is 0 Å². The third kappa shape index (κ3) is 3.95. The van der Waals surface area contributed by atoms with Crippen molar-refractivity contribution in [1.29, 1.82) is 0 Å². The van der Waals surface area contributed by atoms with Gasteiger partial charge in [-0.05, 0) is 46.3 Å². The summed E-state index contributed by atoms with van der Waals surface area (Å²) in [6.07, 6.45) is 1.28. The lowest BCUT2D eigenvalue weighted by Crippen LogP contribution is -2.17. The molecule has 0 unspecified atom stereocenters. The van der Waals surface area contributed by atoms with E-state index < -0.39 is 16.6 Å². The van der Waals surface area contributed by atoms with Crippen LogP contribution in [0.25, 0.3) is 0 Å². The van der Waals surface area contributed by atoms with E-state index in [9.17, 15) is 19.3 Å². The first-order valence-electron chi connectivity index (χ1n) is 6.00. The Morgan fingerprint density at radius 3 is 2.59 bits per heavy atom. The number of nitro benzene ring substituents is 1. The molecule has 2 rings (SSSR count). The molecular formula is C14H9BrFN3O3. The summed E-state index contributed by atoms with van der Waals surface area (Å²) in [5, 5.41) is 14.5. The minimum absolute atomic E-state index is 0.103. The molecule has 112 valence electrons. The van der Waals surface area contributed by atoms with Gasteiger partial charge in [0.15, 0.2) is 0 Å². The summed E-state index contributed by atoms with van der Waals surface area (Å²) in [7, 11) is 0. The number of hydrogen-bond acceptors (Lipinski definition) is 4. The third-order valence-electron chi connectivity index (χ3n) is 2.65. The maximum absolute atomic E-state index is 12.7. The fourth-order valence-electron chi connectivity index (χ4n) is 1.58. The fourth-order valence-corrected chi connectivity index (χ4v) is 1.97. The van der Waals surface area contributed by atoms with Crippen LogP contribution in [-0.2, 0) is 0 Å². The zero-order valence-electron chi connectivity index (χ0n) is 11.0. The summed E-state index contributed by atoms with van der Waals surface area (Å²) in [5.74, 6) is -0.954. The van der Waals surface area contributed by atoms with Crippen molar-refractivity contribution in [3.63, 3.8) is 0 Å². The van der Waals surface area contributed by atoms with Gasteiger partial charge in [0.1, 0.15) is 5.82 Å². The van der Waals surface area contributed by atoms with Gasteiger partial charge in [-0.1, -0.05) is 6.07 Å². The van der Waals surface area contributed by atoms with Crippen molar-refractivity contribution in [2.75, 3.05) is 0 Å². The van der Waals surface area contributed by atoms with E-state index in [0.717, 1.165) is 12.1 Å². The summed E-state index contributed by atoms with van der Waals surface area (Å²) in [4.78, 5) is 22.0. The molecule has 8 heteroatoms. The van der Waals surface area contributed by atoms with Crippen LogP contribution in [0.3, 0.4) is 0 Å². The fraction of sp³-hybridized carbons (Fsp3) is 0. The molecule has 0 saturated heterocycles. The van der Waals surface area contributed by atoms with Crippen molar-refractivity contribution < 1.29 is 14.1 Å². The smallest absolute Gasteiger partial charge is 0.267 e. The molecule has 0 bridgehead atoms. The van der Waals surface area contributed by atoms with Crippen LogP contribution in [0.5, 0.6) is 0 Å². The molecular weight excluding hydrogens is 357 g/mol. The molecule has 0 fully saturated rings. The Labute approximate surface area is 132 Å². The number of carbonyl (C=O) groups is 1. The summed E-state index contributed by atoms with van der Waals surface area (Å²) >= 11 is 3.07. The number of nitrogens with one attached hydrogen (secondary N) is 1. The maximum atomic E-state index is 12.7. The number of nitro groups is 1. The lowest BCUT2D eigenvalue weighted by molar-refractivity contribution is -0.385. The lowest BCUT2D eigenvalue weighted by atomic mass is 10.2. The standard InChI is InChI=1S/C14H9BrFN3O3/c15-12-6-1-9(7-13(12)19(21)22)8-17-18-14(20)10-2-4-11(16)5-3-10/h1-8H,(H,18,20)/b17-8-. The second-order valence-corrected chi connectivity index (χ2v) is 5.03. The van der Waals surface area contributed by atoms with E-state index in [-0.39, 0.29) is 11.3 Å². The molecule has 22 heavy (non-hydrogen) atoms. The molecule has 0 aliphatic rings. The number of hydrazone groups is 1. The van der Waals surface area contributed by atoms with Gasteiger partial charge in [0.05, 0.1) is 15.6 Å². The van der Waals surface area contributed by atoms with Crippen LogP contribution >= 0.6 is 15.9 Å². The van der Waals surface area contributed by atoms with E-state index in [0.29, 0.717) is 10.0 Å². The molecule has 6 nitrogen and oxygen atoms in total. The van der Waals surface area contributed by atoms with Crippen LogP contribution in [-0.4, -0.2) is 17.0 Å². The van der Waals surface area contributed by atoms with Gasteiger partial charge in [-0.2, -0.15) is 5.10 Å². The molecule has 0 heterocycles. The summed E-state index contributed by atoms with van der Waals surface area (Å²) < 4.78 is 13.1. The zero-order valence-corrected chi connectivity index (χ0v) is 12.6. The van der Waals surface area contributed by atoms with Crippen LogP contribution in [0, 0.1) is 15.9 Å². The van der Waals surface area contributed by atoms with Gasteiger partial charge < -0.3 is 0 Å². The lowest BCUT2D eigenvalue weighted by Gasteiger charge is -2.00. The first-order chi connectivity index (χ1) is 10.5. The molecule has 0 aliphatic carbocycles. The van der Waals surface area contributed by atoms with E-state index in [1.807, 2.05) is 0 Å². The predicted molar refractivity (Wildman–Crippen MR) is 82.3 cm³/mol. The first-order valence-corrected chi connectivity index (χ1v) is 6.79. The Morgan fingerprint density at radius 2 is 1.95 bits per heavy atom. The molecule has 1 N–H and O–H groups in total. The van der Waals surface area contributed by atoms with E-state index >= 15 is 0 Å². The molecule has 2 aromatic rings. The Balaban J connectivity index is 2.06. The Bertz CT molecular complexity index is 747. The van der Waals surface area contributed by atoms with Gasteiger partial charge in [-0.25, -0.2) is 9.82 Å². The highest BCUT2D eigenvalue weighted by atomic mass is 79.9. The second kappa shape index (κ2) is 6.90. The van der Waals surface area contributed by atoms with Gasteiger partial charge >= 0.3 is 0 Å². The Hall–Kier alpha value is -2.61. The topological polar surface area (TPSA) is 84.6 Å². The molecule has 2 aromatic carbocycles. The molecule has 0 atom stereocenters. The zero-order chi connectivity index (χ0) is 16.1. The van der Waals surface area contributed by atoms with Crippen LogP contribution in [0.15, 0.2) is 52.0 Å². The van der Waals surface area contributed by atoms with Crippen molar-refractivity contribution in [3.8, 4) is 0 Å². The van der Waals surface area contributed by atoms with Gasteiger partial charge in [-0.15, -0.1) is 0 Å². The molecule has 0 aliphatic heterocycles. The van der Waals surface area contributed by atoms with Gasteiger partial charge in [0.25, 0.3) is 11.6 Å². The Kier molecular flexibility index (Phi) is 4.95. The molecule has 0 aromatic heterocycles. The highest BCUT2D eigenvalue weighted by molar-refractivity contribution is 9.10. The van der Waals surface area contributed by atoms with Gasteiger partial charge in [0.2, 0.25) is 0 Å². The first kappa shape index (κ1) is 15.8. The van der Waals surface area contributed by atoms with Crippen molar-refractivity contribution in [3.05, 3.63) is 74.0 Å². The van der Waals surface area contributed by atoms with Gasteiger partial charge in [0, 0.05) is 17.2 Å². The second-order valence-electron chi connectivity index (χ2n) is 4.17. The number of carbonyl (C=O) groups excluding carboxylic acids is 1. The van der Waals surface area contributed by atoms with Crippen molar-refractivity contribution in [2.45, 2.75) is 0 Å². The number of rotatable bonds is 4. The average Bonchev–Trinajstić information content (AvgIpc) is 2.49. The predicted octanol–water partition coefficient (Wildman–Crippen LogP) is 3.26. The monoisotopic (exact) mass is 365 g/mol. The molecule has 0 radical (unpaired) electrons. The number of halogens is 2. The number of benzene rings is 2. The Morgan fingerprint density at radius 1 is 1.27 bits per heavy atom.